The van der Waals surface area contributed by atoms with Gasteiger partial charge in [-0.05, 0) is 29.5 Å². The summed E-state index contributed by atoms with van der Waals surface area (Å²) in [6, 6.07) is 7.74. The van der Waals surface area contributed by atoms with Crippen molar-refractivity contribution in [3.05, 3.63) is 29.8 Å². The van der Waals surface area contributed by atoms with Crippen LogP contribution in [0, 0.1) is 11.3 Å². The first-order valence-electron chi connectivity index (χ1n) is 8.54. The van der Waals surface area contributed by atoms with Crippen LogP contribution in [-0.4, -0.2) is 44.8 Å². The zero-order chi connectivity index (χ0) is 17.7. The molecule has 24 heavy (non-hydrogen) atoms. The van der Waals surface area contributed by atoms with E-state index in [2.05, 4.69) is 26.1 Å². The quantitative estimate of drug-likeness (QED) is 0.897. The molecule has 1 heterocycles. The molecule has 2 unspecified atom stereocenters. The maximum Gasteiger partial charge on any atom is 0.317 e. The minimum Gasteiger partial charge on any atom is -0.497 e. The van der Waals surface area contributed by atoms with Gasteiger partial charge in [-0.1, -0.05) is 32.9 Å². The molecular weight excluding hydrogens is 304 g/mol. The van der Waals surface area contributed by atoms with Gasteiger partial charge in [0.25, 0.3) is 0 Å². The summed E-state index contributed by atoms with van der Waals surface area (Å²) < 4.78 is 10.7. The Labute approximate surface area is 145 Å². The Bertz CT molecular complexity index is 548. The monoisotopic (exact) mass is 334 g/mol. The molecule has 1 aromatic rings. The maximum absolute atomic E-state index is 12.7. The second-order valence-electron chi connectivity index (χ2n) is 7.64. The van der Waals surface area contributed by atoms with Crippen molar-refractivity contribution in [2.45, 2.75) is 33.2 Å². The van der Waals surface area contributed by atoms with Crippen LogP contribution in [0.5, 0.6) is 5.75 Å². The third kappa shape index (κ3) is 4.87. The normalized spacial score (nSPS) is 19.0. The van der Waals surface area contributed by atoms with E-state index in [1.165, 1.54) is 0 Å². The number of amides is 2. The molecule has 1 aliphatic rings. The summed E-state index contributed by atoms with van der Waals surface area (Å²) in [5, 5.41) is 3.19. The molecule has 2 rings (SSSR count). The smallest absolute Gasteiger partial charge is 0.317 e. The molecule has 5 nitrogen and oxygen atoms in total. The molecule has 0 radical (unpaired) electrons. The second-order valence-corrected chi connectivity index (χ2v) is 7.64. The van der Waals surface area contributed by atoms with E-state index in [0.29, 0.717) is 5.92 Å². The van der Waals surface area contributed by atoms with Crippen LogP contribution in [0.4, 0.5) is 4.79 Å². The zero-order valence-electron chi connectivity index (χ0n) is 15.5. The predicted molar refractivity (Wildman–Crippen MR) is 95.3 cm³/mol. The molecule has 0 bridgehead atoms. The van der Waals surface area contributed by atoms with E-state index < -0.39 is 0 Å². The van der Waals surface area contributed by atoms with Crippen LogP contribution in [0.15, 0.2) is 24.3 Å². The van der Waals surface area contributed by atoms with Crippen LogP contribution >= 0.6 is 0 Å². The fourth-order valence-corrected chi connectivity index (χ4v) is 3.05. The van der Waals surface area contributed by atoms with Gasteiger partial charge in [0.15, 0.2) is 0 Å². The Hall–Kier alpha value is -1.75. The van der Waals surface area contributed by atoms with Gasteiger partial charge in [0.1, 0.15) is 5.75 Å². The number of hydrogen-bond donors (Lipinski definition) is 1. The molecule has 1 saturated heterocycles. The SMILES string of the molecule is COc1cccc(C(NC(=O)N(C)CC2CCOC2)C(C)(C)C)c1. The Morgan fingerprint density at radius 2 is 2.21 bits per heavy atom. The minimum absolute atomic E-state index is 0.0513. The third-order valence-corrected chi connectivity index (χ3v) is 4.46. The van der Waals surface area contributed by atoms with Gasteiger partial charge in [-0.2, -0.15) is 0 Å². The predicted octanol–water partition coefficient (Wildman–Crippen LogP) is 3.46. The average molecular weight is 334 g/mol. The topological polar surface area (TPSA) is 50.8 Å². The Morgan fingerprint density at radius 1 is 1.46 bits per heavy atom. The molecule has 2 amide bonds. The van der Waals surface area contributed by atoms with E-state index in [9.17, 15) is 4.79 Å². The number of methoxy groups -OCH3 is 1. The van der Waals surface area contributed by atoms with Crippen molar-refractivity contribution in [3.8, 4) is 5.75 Å². The summed E-state index contributed by atoms with van der Waals surface area (Å²) in [6.07, 6.45) is 1.02. The van der Waals surface area contributed by atoms with E-state index in [1.807, 2.05) is 31.3 Å². The van der Waals surface area contributed by atoms with Crippen LogP contribution in [0.25, 0.3) is 0 Å². The number of hydrogen-bond acceptors (Lipinski definition) is 3. The van der Waals surface area contributed by atoms with Crippen LogP contribution in [0.3, 0.4) is 0 Å². The molecule has 0 aromatic heterocycles. The van der Waals surface area contributed by atoms with Gasteiger partial charge in [0, 0.05) is 26.1 Å². The van der Waals surface area contributed by atoms with E-state index in [4.69, 9.17) is 9.47 Å². The highest BCUT2D eigenvalue weighted by molar-refractivity contribution is 5.74. The van der Waals surface area contributed by atoms with Crippen molar-refractivity contribution in [2.24, 2.45) is 11.3 Å². The van der Waals surface area contributed by atoms with Crippen molar-refractivity contribution in [1.29, 1.82) is 0 Å². The molecule has 1 aromatic carbocycles. The molecule has 1 N–H and O–H groups in total. The molecule has 0 aliphatic carbocycles. The van der Waals surface area contributed by atoms with Gasteiger partial charge in [0.2, 0.25) is 0 Å². The van der Waals surface area contributed by atoms with Crippen molar-refractivity contribution in [3.63, 3.8) is 0 Å². The number of carbonyl (C=O) groups is 1. The zero-order valence-corrected chi connectivity index (χ0v) is 15.5. The Kier molecular flexibility index (Phi) is 6.10. The summed E-state index contributed by atoms with van der Waals surface area (Å²) >= 11 is 0. The van der Waals surface area contributed by atoms with Crippen LogP contribution < -0.4 is 10.1 Å². The summed E-state index contributed by atoms with van der Waals surface area (Å²) in [6.45, 7) is 8.65. The molecule has 5 heteroatoms. The van der Waals surface area contributed by atoms with Crippen molar-refractivity contribution in [2.75, 3.05) is 33.9 Å². The Balaban J connectivity index is 2.09. The van der Waals surface area contributed by atoms with Gasteiger partial charge < -0.3 is 19.7 Å². The fraction of sp³-hybridized carbons (Fsp3) is 0.632. The van der Waals surface area contributed by atoms with E-state index in [0.717, 1.165) is 37.5 Å². The number of nitrogens with zero attached hydrogens (tertiary/aromatic N) is 1. The van der Waals surface area contributed by atoms with Crippen LogP contribution in [0.1, 0.15) is 38.8 Å². The van der Waals surface area contributed by atoms with E-state index in [1.54, 1.807) is 12.0 Å². The van der Waals surface area contributed by atoms with Crippen molar-refractivity contribution in [1.82, 2.24) is 10.2 Å². The van der Waals surface area contributed by atoms with Crippen LogP contribution in [-0.2, 0) is 4.74 Å². The molecule has 1 fully saturated rings. The summed E-state index contributed by atoms with van der Waals surface area (Å²) in [7, 11) is 3.50. The van der Waals surface area contributed by atoms with Crippen molar-refractivity contribution < 1.29 is 14.3 Å². The second kappa shape index (κ2) is 7.88. The number of ether oxygens (including phenoxy) is 2. The fourth-order valence-electron chi connectivity index (χ4n) is 3.05. The highest BCUT2D eigenvalue weighted by Crippen LogP contribution is 2.34. The lowest BCUT2D eigenvalue weighted by atomic mass is 9.82. The maximum atomic E-state index is 12.7. The summed E-state index contributed by atoms with van der Waals surface area (Å²) in [5.41, 5.74) is 0.937. The first-order chi connectivity index (χ1) is 11.3. The molecule has 0 spiro atoms. The van der Waals surface area contributed by atoms with E-state index >= 15 is 0 Å². The number of rotatable bonds is 5. The minimum atomic E-state index is -0.112. The first kappa shape index (κ1) is 18.6. The van der Waals surface area contributed by atoms with Crippen LogP contribution in [0.2, 0.25) is 0 Å². The lowest BCUT2D eigenvalue weighted by Gasteiger charge is -2.34. The van der Waals surface area contributed by atoms with Crippen molar-refractivity contribution >= 4 is 6.03 Å². The number of benzene rings is 1. The molecule has 2 atom stereocenters. The van der Waals surface area contributed by atoms with Gasteiger partial charge in [-0.3, -0.25) is 0 Å². The number of urea groups is 1. The van der Waals surface area contributed by atoms with Gasteiger partial charge >= 0.3 is 6.03 Å². The number of nitrogens with one attached hydrogen (secondary N) is 1. The molecule has 1 aliphatic heterocycles. The van der Waals surface area contributed by atoms with Gasteiger partial charge in [-0.25, -0.2) is 4.79 Å². The first-order valence-corrected chi connectivity index (χ1v) is 8.54. The van der Waals surface area contributed by atoms with Gasteiger partial charge in [-0.15, -0.1) is 0 Å². The standard InChI is InChI=1S/C19H30N2O3/c1-19(2,3)17(15-7-6-8-16(11-15)23-5)20-18(22)21(4)12-14-9-10-24-13-14/h6-8,11,14,17H,9-10,12-13H2,1-5H3,(H,20,22). The molecule has 134 valence electrons. The molecule has 0 saturated carbocycles. The highest BCUT2D eigenvalue weighted by atomic mass is 16.5. The lowest BCUT2D eigenvalue weighted by Crippen LogP contribution is -2.45. The third-order valence-electron chi connectivity index (χ3n) is 4.46. The van der Waals surface area contributed by atoms with Gasteiger partial charge in [0.05, 0.1) is 19.8 Å². The lowest BCUT2D eigenvalue weighted by molar-refractivity contribution is 0.165. The van der Waals surface area contributed by atoms with E-state index in [-0.39, 0.29) is 17.5 Å². The average Bonchev–Trinajstić information content (AvgIpc) is 3.04. The summed E-state index contributed by atoms with van der Waals surface area (Å²) in [4.78, 5) is 14.4. The largest absolute Gasteiger partial charge is 0.497 e. The highest BCUT2D eigenvalue weighted by Gasteiger charge is 2.30. The summed E-state index contributed by atoms with van der Waals surface area (Å²) in [5.74, 6) is 1.23. The Morgan fingerprint density at radius 3 is 2.79 bits per heavy atom. The molecular formula is C19H30N2O3. The number of carbonyl (C=O) groups excluding carboxylic acids is 1.